The summed E-state index contributed by atoms with van der Waals surface area (Å²) in [7, 11) is 0. The first-order chi connectivity index (χ1) is 26.9. The largest absolute Gasteiger partial charge is 0.457 e. The Morgan fingerprint density at radius 1 is 0.600 bits per heavy atom. The molecule has 1 saturated heterocycles. The quantitative estimate of drug-likeness (QED) is 0.0282. The van der Waals surface area contributed by atoms with Gasteiger partial charge in [0.25, 0.3) is 0 Å². The summed E-state index contributed by atoms with van der Waals surface area (Å²) in [6, 6.07) is 0. The minimum atomic E-state index is -1.55. The molecule has 0 spiro atoms. The zero-order valence-electron chi connectivity index (χ0n) is 34.4. The second-order valence-electron chi connectivity index (χ2n) is 14.4. The first kappa shape index (κ1) is 50.6. The Hall–Kier alpha value is -2.37. The number of hydrogen-bond acceptors (Lipinski definition) is 9. The molecule has 0 radical (unpaired) electrons. The number of unbranched alkanes of at least 4 members (excludes halogenated alkanes) is 12. The summed E-state index contributed by atoms with van der Waals surface area (Å²) < 4.78 is 22.7. The number of esters is 1. The van der Waals surface area contributed by atoms with Gasteiger partial charge >= 0.3 is 5.97 Å². The van der Waals surface area contributed by atoms with Crippen molar-refractivity contribution in [2.75, 3.05) is 26.4 Å². The Kier molecular flexibility index (Phi) is 34.3. The van der Waals surface area contributed by atoms with E-state index in [-0.39, 0.29) is 25.6 Å². The Morgan fingerprint density at radius 3 is 1.67 bits per heavy atom. The van der Waals surface area contributed by atoms with Crippen LogP contribution in [0.1, 0.15) is 149 Å². The molecule has 0 aromatic heterocycles. The molecule has 0 amide bonds. The lowest BCUT2D eigenvalue weighted by atomic mass is 9.99. The third kappa shape index (κ3) is 28.6. The van der Waals surface area contributed by atoms with Crippen molar-refractivity contribution < 1.29 is 44.2 Å². The van der Waals surface area contributed by atoms with Crippen molar-refractivity contribution in [3.05, 3.63) is 72.9 Å². The lowest BCUT2D eigenvalue weighted by molar-refractivity contribution is -0.305. The molecule has 4 N–H and O–H groups in total. The lowest BCUT2D eigenvalue weighted by Crippen LogP contribution is -2.59. The highest BCUT2D eigenvalue weighted by molar-refractivity contribution is 5.69. The summed E-state index contributed by atoms with van der Waals surface area (Å²) in [5, 5.41) is 40.1. The molecule has 1 aliphatic rings. The summed E-state index contributed by atoms with van der Waals surface area (Å²) >= 11 is 0. The van der Waals surface area contributed by atoms with Crippen LogP contribution in [0.15, 0.2) is 72.9 Å². The van der Waals surface area contributed by atoms with Gasteiger partial charge in [-0.25, -0.2) is 0 Å². The Morgan fingerprint density at radius 2 is 1.11 bits per heavy atom. The van der Waals surface area contributed by atoms with E-state index in [1.54, 1.807) is 0 Å². The maximum Gasteiger partial charge on any atom is 0.306 e. The van der Waals surface area contributed by atoms with Crippen LogP contribution in [0.4, 0.5) is 0 Å². The highest BCUT2D eigenvalue weighted by Gasteiger charge is 2.44. The SMILES string of the molecule is CC/C=C\C/C=C\C/C=C\C/C=C\CCCCC(=O)OC(COCCCCCCCC/C=C\C/C=C\CCCCCC)COC1OC(CO)C(O)C(O)C1O. The average Bonchev–Trinajstić information content (AvgIpc) is 3.18. The molecule has 55 heavy (non-hydrogen) atoms. The molecule has 9 nitrogen and oxygen atoms in total. The van der Waals surface area contributed by atoms with Gasteiger partial charge in [0.1, 0.15) is 30.5 Å². The van der Waals surface area contributed by atoms with Gasteiger partial charge in [-0.15, -0.1) is 0 Å². The van der Waals surface area contributed by atoms with E-state index in [0.29, 0.717) is 13.0 Å². The van der Waals surface area contributed by atoms with Crippen molar-refractivity contribution in [1.82, 2.24) is 0 Å². The number of hydrogen-bond donors (Lipinski definition) is 4. The van der Waals surface area contributed by atoms with Gasteiger partial charge in [0, 0.05) is 13.0 Å². The second kappa shape index (κ2) is 37.2. The van der Waals surface area contributed by atoms with Crippen molar-refractivity contribution >= 4 is 5.97 Å². The zero-order valence-corrected chi connectivity index (χ0v) is 34.4. The molecule has 1 aliphatic heterocycles. The number of carbonyl (C=O) groups is 1. The number of rotatable bonds is 35. The molecule has 0 aliphatic carbocycles. The van der Waals surface area contributed by atoms with E-state index in [2.05, 4.69) is 86.8 Å². The van der Waals surface area contributed by atoms with Crippen LogP contribution in [0.2, 0.25) is 0 Å². The standard InChI is InChI=1S/C46H78O9/c1-3-5-7-9-11-13-15-17-19-20-22-24-26-28-30-32-34-36-52-38-40(39-53-46-45(51)44(50)43(49)41(37-47)55-46)54-42(48)35-33-31-29-27-25-23-21-18-16-14-12-10-8-6-4-2/h6,8,12-15,18-21,25,27,40-41,43-47,49-51H,3-5,7,9-11,16-17,22-24,26,28-39H2,1-2H3/b8-6-,14-12-,15-13-,20-19-,21-18-,27-25-. The van der Waals surface area contributed by atoms with Gasteiger partial charge in [0.05, 0.1) is 19.8 Å². The van der Waals surface area contributed by atoms with Gasteiger partial charge in [0.2, 0.25) is 0 Å². The van der Waals surface area contributed by atoms with Gasteiger partial charge in [-0.1, -0.05) is 132 Å². The summed E-state index contributed by atoms with van der Waals surface area (Å²) in [5.74, 6) is -0.361. The molecule has 6 unspecified atom stereocenters. The van der Waals surface area contributed by atoms with Gasteiger partial charge in [-0.3, -0.25) is 4.79 Å². The predicted molar refractivity (Wildman–Crippen MR) is 224 cm³/mol. The smallest absolute Gasteiger partial charge is 0.306 e. The Balaban J connectivity index is 2.33. The normalized spacial score (nSPS) is 21.5. The molecule has 9 heteroatoms. The van der Waals surface area contributed by atoms with Crippen LogP contribution >= 0.6 is 0 Å². The molecule has 0 saturated carbocycles. The Bertz CT molecular complexity index is 1060. The first-order valence-corrected chi connectivity index (χ1v) is 21.5. The van der Waals surface area contributed by atoms with E-state index in [1.165, 1.54) is 51.4 Å². The van der Waals surface area contributed by atoms with Crippen LogP contribution in [-0.4, -0.2) is 89.6 Å². The van der Waals surface area contributed by atoms with Crippen molar-refractivity contribution in [1.29, 1.82) is 0 Å². The van der Waals surface area contributed by atoms with Crippen molar-refractivity contribution in [3.8, 4) is 0 Å². The van der Waals surface area contributed by atoms with Crippen LogP contribution < -0.4 is 0 Å². The topological polar surface area (TPSA) is 135 Å². The fourth-order valence-electron chi connectivity index (χ4n) is 5.98. The molecular formula is C46H78O9. The minimum Gasteiger partial charge on any atom is -0.457 e. The van der Waals surface area contributed by atoms with Crippen LogP contribution in [0.5, 0.6) is 0 Å². The van der Waals surface area contributed by atoms with Gasteiger partial charge in [-0.2, -0.15) is 0 Å². The third-order valence-corrected chi connectivity index (χ3v) is 9.36. The lowest BCUT2D eigenvalue weighted by Gasteiger charge is -2.39. The van der Waals surface area contributed by atoms with Crippen LogP contribution in [0.3, 0.4) is 0 Å². The highest BCUT2D eigenvalue weighted by atomic mass is 16.7. The molecule has 0 aromatic carbocycles. The van der Waals surface area contributed by atoms with Crippen LogP contribution in [-0.2, 0) is 23.7 Å². The summed E-state index contributed by atoms with van der Waals surface area (Å²) in [6.07, 6.45) is 40.7. The van der Waals surface area contributed by atoms with Gasteiger partial charge in [0.15, 0.2) is 6.29 Å². The molecule has 6 atom stereocenters. The average molecular weight is 775 g/mol. The minimum absolute atomic E-state index is 0.117. The fourth-order valence-corrected chi connectivity index (χ4v) is 5.98. The number of aliphatic hydroxyl groups excluding tert-OH is 4. The van der Waals surface area contributed by atoms with E-state index in [1.807, 2.05) is 0 Å². The van der Waals surface area contributed by atoms with Crippen molar-refractivity contribution in [3.63, 3.8) is 0 Å². The van der Waals surface area contributed by atoms with E-state index in [0.717, 1.165) is 70.6 Å². The molecule has 0 aromatic rings. The van der Waals surface area contributed by atoms with Crippen LogP contribution in [0.25, 0.3) is 0 Å². The second-order valence-corrected chi connectivity index (χ2v) is 14.4. The molecule has 1 rings (SSSR count). The number of carbonyl (C=O) groups excluding carboxylic acids is 1. The zero-order chi connectivity index (χ0) is 40.0. The first-order valence-electron chi connectivity index (χ1n) is 21.5. The van der Waals surface area contributed by atoms with E-state index >= 15 is 0 Å². The van der Waals surface area contributed by atoms with E-state index in [4.69, 9.17) is 18.9 Å². The highest BCUT2D eigenvalue weighted by Crippen LogP contribution is 2.22. The molecular weight excluding hydrogens is 696 g/mol. The molecule has 1 fully saturated rings. The Labute approximate surface area is 334 Å². The summed E-state index contributed by atoms with van der Waals surface area (Å²) in [6.45, 7) is 4.33. The number of aliphatic hydroxyl groups is 4. The summed E-state index contributed by atoms with van der Waals surface area (Å²) in [5.41, 5.74) is 0. The molecule has 1 heterocycles. The fraction of sp³-hybridized carbons (Fsp3) is 0.717. The maximum atomic E-state index is 12.7. The number of allylic oxidation sites excluding steroid dienone is 12. The van der Waals surface area contributed by atoms with Gasteiger partial charge < -0.3 is 39.4 Å². The van der Waals surface area contributed by atoms with E-state index in [9.17, 15) is 25.2 Å². The third-order valence-electron chi connectivity index (χ3n) is 9.36. The maximum absolute atomic E-state index is 12.7. The monoisotopic (exact) mass is 775 g/mol. The van der Waals surface area contributed by atoms with Gasteiger partial charge in [-0.05, 0) is 83.5 Å². The molecule has 316 valence electrons. The van der Waals surface area contributed by atoms with Crippen molar-refractivity contribution in [2.45, 2.75) is 185 Å². The number of ether oxygens (including phenoxy) is 4. The van der Waals surface area contributed by atoms with Crippen molar-refractivity contribution in [2.24, 2.45) is 0 Å². The van der Waals surface area contributed by atoms with Crippen LogP contribution in [0, 0.1) is 0 Å². The summed E-state index contributed by atoms with van der Waals surface area (Å²) in [4.78, 5) is 12.7. The predicted octanol–water partition coefficient (Wildman–Crippen LogP) is 9.30. The van der Waals surface area contributed by atoms with E-state index < -0.39 is 43.4 Å². The molecule has 0 bridgehead atoms.